The number of benzene rings is 1. The fraction of sp³-hybridized carbons (Fsp3) is 0.400. The van der Waals surface area contributed by atoms with Crippen LogP contribution in [0, 0.1) is 0 Å². The molecule has 0 unspecified atom stereocenters. The second-order valence-electron chi connectivity index (χ2n) is 3.31. The zero-order chi connectivity index (χ0) is 11.5. The summed E-state index contributed by atoms with van der Waals surface area (Å²) < 4.78 is 36.2. The van der Waals surface area contributed by atoms with Gasteiger partial charge in [0, 0.05) is 5.02 Å². The smallest absolute Gasteiger partial charge is 0.320 e. The summed E-state index contributed by atoms with van der Waals surface area (Å²) in [6, 6.07) is 4.94. The highest BCUT2D eigenvalue weighted by Crippen LogP contribution is 2.22. The molecular weight excluding hydrogens is 227 g/mol. The van der Waals surface area contributed by atoms with Crippen LogP contribution in [0.3, 0.4) is 0 Å². The Kier molecular flexibility index (Phi) is 3.99. The molecule has 5 heteroatoms. The van der Waals surface area contributed by atoms with Gasteiger partial charge in [-0.15, -0.1) is 0 Å². The van der Waals surface area contributed by atoms with Crippen LogP contribution >= 0.6 is 11.6 Å². The highest BCUT2D eigenvalue weighted by atomic mass is 35.5. The molecule has 0 bridgehead atoms. The fourth-order valence-electron chi connectivity index (χ4n) is 1.14. The van der Waals surface area contributed by atoms with Crippen molar-refractivity contribution < 1.29 is 13.2 Å². The van der Waals surface area contributed by atoms with Gasteiger partial charge in [-0.05, 0) is 30.5 Å². The molecule has 1 aromatic rings. The number of halogens is 4. The Bertz CT molecular complexity index is 307. The van der Waals surface area contributed by atoms with Gasteiger partial charge in [0.2, 0.25) is 0 Å². The number of aryl methyl sites for hydroxylation is 1. The van der Waals surface area contributed by atoms with Crippen molar-refractivity contribution in [2.75, 3.05) is 0 Å². The maximum atomic E-state index is 12.1. The van der Waals surface area contributed by atoms with E-state index in [9.17, 15) is 13.2 Å². The van der Waals surface area contributed by atoms with Crippen LogP contribution in [-0.4, -0.2) is 12.2 Å². The topological polar surface area (TPSA) is 26.0 Å². The monoisotopic (exact) mass is 237 g/mol. The Hall–Kier alpha value is -0.740. The standard InChI is InChI=1S/C10H11ClF3N/c11-8-4-1-7(2-5-8)3-6-9(15)10(12,13)14/h1-2,4-5,9H,3,6,15H2/t9-/m0/s1. The minimum Gasteiger partial charge on any atom is -0.320 e. The van der Waals surface area contributed by atoms with E-state index in [0.29, 0.717) is 11.4 Å². The molecule has 0 fully saturated rings. The summed E-state index contributed by atoms with van der Waals surface area (Å²) in [6.07, 6.45) is -4.12. The van der Waals surface area contributed by atoms with E-state index in [1.54, 1.807) is 24.3 Å². The van der Waals surface area contributed by atoms with E-state index in [1.807, 2.05) is 0 Å². The lowest BCUT2D eigenvalue weighted by Gasteiger charge is -2.15. The molecule has 0 amide bonds. The van der Waals surface area contributed by atoms with E-state index in [-0.39, 0.29) is 6.42 Å². The van der Waals surface area contributed by atoms with Gasteiger partial charge in [0.05, 0.1) is 0 Å². The summed E-state index contributed by atoms with van der Waals surface area (Å²) in [6.45, 7) is 0. The molecule has 0 saturated carbocycles. The Balaban J connectivity index is 2.47. The fourth-order valence-corrected chi connectivity index (χ4v) is 1.26. The minimum absolute atomic E-state index is 0.106. The molecule has 2 N–H and O–H groups in total. The number of hydrogen-bond acceptors (Lipinski definition) is 1. The van der Waals surface area contributed by atoms with Crippen LogP contribution in [0.5, 0.6) is 0 Å². The largest absolute Gasteiger partial charge is 0.403 e. The molecule has 1 rings (SSSR count). The van der Waals surface area contributed by atoms with Crippen LogP contribution < -0.4 is 5.73 Å². The first-order chi connectivity index (χ1) is 6.89. The summed E-state index contributed by atoms with van der Waals surface area (Å²) in [5.74, 6) is 0. The molecular formula is C10H11ClF3N. The van der Waals surface area contributed by atoms with Gasteiger partial charge in [-0.3, -0.25) is 0 Å². The van der Waals surface area contributed by atoms with Crippen LogP contribution in [0.4, 0.5) is 13.2 Å². The molecule has 0 radical (unpaired) electrons. The van der Waals surface area contributed by atoms with Crippen LogP contribution in [-0.2, 0) is 6.42 Å². The molecule has 84 valence electrons. The normalized spacial score (nSPS) is 13.9. The lowest BCUT2D eigenvalue weighted by molar-refractivity contribution is -0.148. The van der Waals surface area contributed by atoms with Crippen LogP contribution in [0.1, 0.15) is 12.0 Å². The second-order valence-corrected chi connectivity index (χ2v) is 3.75. The van der Waals surface area contributed by atoms with Crippen molar-refractivity contribution in [1.82, 2.24) is 0 Å². The van der Waals surface area contributed by atoms with E-state index in [0.717, 1.165) is 5.56 Å². The van der Waals surface area contributed by atoms with Crippen molar-refractivity contribution in [2.24, 2.45) is 5.73 Å². The second kappa shape index (κ2) is 4.86. The average Bonchev–Trinajstić information content (AvgIpc) is 2.15. The Morgan fingerprint density at radius 1 is 1.20 bits per heavy atom. The third kappa shape index (κ3) is 4.10. The number of nitrogens with two attached hydrogens (primary N) is 1. The molecule has 0 aliphatic carbocycles. The van der Waals surface area contributed by atoms with E-state index < -0.39 is 12.2 Å². The third-order valence-electron chi connectivity index (χ3n) is 2.08. The van der Waals surface area contributed by atoms with Gasteiger partial charge in [-0.25, -0.2) is 0 Å². The Labute approximate surface area is 91.0 Å². The number of alkyl halides is 3. The summed E-state index contributed by atoms with van der Waals surface area (Å²) in [5, 5.41) is 0.568. The zero-order valence-corrected chi connectivity index (χ0v) is 8.65. The molecule has 1 aromatic carbocycles. The number of rotatable bonds is 3. The van der Waals surface area contributed by atoms with Crippen molar-refractivity contribution in [3.05, 3.63) is 34.9 Å². The summed E-state index contributed by atoms with van der Waals surface area (Å²) in [5.41, 5.74) is 5.78. The average molecular weight is 238 g/mol. The first-order valence-electron chi connectivity index (χ1n) is 4.46. The minimum atomic E-state index is -4.31. The van der Waals surface area contributed by atoms with E-state index in [4.69, 9.17) is 17.3 Å². The molecule has 0 heterocycles. The van der Waals surface area contributed by atoms with Gasteiger partial charge >= 0.3 is 6.18 Å². The van der Waals surface area contributed by atoms with Crippen molar-refractivity contribution in [3.8, 4) is 0 Å². The van der Waals surface area contributed by atoms with Crippen LogP contribution in [0.25, 0.3) is 0 Å². The zero-order valence-electron chi connectivity index (χ0n) is 7.89. The molecule has 0 aliphatic rings. The molecule has 1 nitrogen and oxygen atoms in total. The molecule has 0 aliphatic heterocycles. The Morgan fingerprint density at radius 2 is 1.73 bits per heavy atom. The lowest BCUT2D eigenvalue weighted by Crippen LogP contribution is -2.37. The van der Waals surface area contributed by atoms with Crippen molar-refractivity contribution in [2.45, 2.75) is 25.1 Å². The highest BCUT2D eigenvalue weighted by Gasteiger charge is 2.35. The highest BCUT2D eigenvalue weighted by molar-refractivity contribution is 6.30. The van der Waals surface area contributed by atoms with E-state index in [2.05, 4.69) is 0 Å². The summed E-state index contributed by atoms with van der Waals surface area (Å²) in [7, 11) is 0. The van der Waals surface area contributed by atoms with Gasteiger partial charge in [0.25, 0.3) is 0 Å². The quantitative estimate of drug-likeness (QED) is 0.859. The van der Waals surface area contributed by atoms with Crippen LogP contribution in [0.15, 0.2) is 24.3 Å². The molecule has 15 heavy (non-hydrogen) atoms. The predicted octanol–water partition coefficient (Wildman–Crippen LogP) is 3.16. The maximum absolute atomic E-state index is 12.1. The number of hydrogen-bond donors (Lipinski definition) is 1. The first kappa shape index (κ1) is 12.3. The van der Waals surface area contributed by atoms with Gasteiger partial charge in [-0.1, -0.05) is 23.7 Å². The molecule has 0 spiro atoms. The lowest BCUT2D eigenvalue weighted by atomic mass is 10.1. The maximum Gasteiger partial charge on any atom is 0.403 e. The molecule has 1 atom stereocenters. The van der Waals surface area contributed by atoms with E-state index >= 15 is 0 Å². The Morgan fingerprint density at radius 3 is 2.20 bits per heavy atom. The van der Waals surface area contributed by atoms with Crippen molar-refractivity contribution in [3.63, 3.8) is 0 Å². The van der Waals surface area contributed by atoms with E-state index in [1.165, 1.54) is 0 Å². The molecule has 0 aromatic heterocycles. The summed E-state index contributed by atoms with van der Waals surface area (Å²) >= 11 is 5.64. The van der Waals surface area contributed by atoms with Crippen molar-refractivity contribution in [1.29, 1.82) is 0 Å². The predicted molar refractivity (Wildman–Crippen MR) is 53.8 cm³/mol. The first-order valence-corrected chi connectivity index (χ1v) is 4.84. The van der Waals surface area contributed by atoms with Crippen molar-refractivity contribution >= 4 is 11.6 Å². The summed E-state index contributed by atoms with van der Waals surface area (Å²) in [4.78, 5) is 0. The van der Waals surface area contributed by atoms with Gasteiger partial charge in [-0.2, -0.15) is 13.2 Å². The van der Waals surface area contributed by atoms with Gasteiger partial charge in [0.1, 0.15) is 6.04 Å². The third-order valence-corrected chi connectivity index (χ3v) is 2.33. The van der Waals surface area contributed by atoms with Gasteiger partial charge < -0.3 is 5.73 Å². The molecule has 0 saturated heterocycles. The SMILES string of the molecule is N[C@@H](CCc1ccc(Cl)cc1)C(F)(F)F. The van der Waals surface area contributed by atoms with Gasteiger partial charge in [0.15, 0.2) is 0 Å². The van der Waals surface area contributed by atoms with Crippen LogP contribution in [0.2, 0.25) is 5.02 Å².